The summed E-state index contributed by atoms with van der Waals surface area (Å²) in [6.07, 6.45) is 1.75. The van der Waals surface area contributed by atoms with Gasteiger partial charge in [0.15, 0.2) is 11.0 Å². The molecule has 0 aromatic heterocycles. The fourth-order valence-electron chi connectivity index (χ4n) is 3.45. The minimum atomic E-state index is -0.860. The molecule has 1 saturated heterocycles. The number of rotatable bonds is 7. The first-order valence-electron chi connectivity index (χ1n) is 9.57. The lowest BCUT2D eigenvalue weighted by molar-refractivity contribution is -0.172. The first kappa shape index (κ1) is 20.9. The maximum atomic E-state index is 13.0. The van der Waals surface area contributed by atoms with Gasteiger partial charge < -0.3 is 4.74 Å². The van der Waals surface area contributed by atoms with Crippen molar-refractivity contribution in [1.29, 1.82) is 0 Å². The van der Waals surface area contributed by atoms with Crippen molar-refractivity contribution in [3.05, 3.63) is 70.7 Å². The van der Waals surface area contributed by atoms with Crippen LogP contribution in [0, 0.1) is 5.92 Å². The van der Waals surface area contributed by atoms with Crippen molar-refractivity contribution in [2.45, 2.75) is 49.7 Å². The molecule has 28 heavy (non-hydrogen) atoms. The Kier molecular flexibility index (Phi) is 6.84. The number of thioether (sulfide) groups is 1. The molecule has 0 spiro atoms. The van der Waals surface area contributed by atoms with E-state index in [1.165, 1.54) is 11.8 Å². The van der Waals surface area contributed by atoms with Crippen LogP contribution in [0.1, 0.15) is 44.2 Å². The summed E-state index contributed by atoms with van der Waals surface area (Å²) in [5.41, 5.74) is 0.947. The monoisotopic (exact) mass is 416 g/mol. The van der Waals surface area contributed by atoms with E-state index in [-0.39, 0.29) is 12.2 Å². The maximum absolute atomic E-state index is 13.0. The highest BCUT2D eigenvalue weighted by Crippen LogP contribution is 2.42. The van der Waals surface area contributed by atoms with Crippen LogP contribution in [0.25, 0.3) is 0 Å². The lowest BCUT2D eigenvalue weighted by Gasteiger charge is -2.39. The second-order valence-electron chi connectivity index (χ2n) is 7.64. The molecule has 2 aromatic carbocycles. The molecule has 0 aliphatic carbocycles. The summed E-state index contributed by atoms with van der Waals surface area (Å²) in [7, 11) is 0. The third-order valence-electron chi connectivity index (χ3n) is 5.05. The highest BCUT2D eigenvalue weighted by Gasteiger charge is 2.48. The van der Waals surface area contributed by atoms with Crippen LogP contribution in [-0.2, 0) is 25.7 Å². The molecule has 0 bridgehead atoms. The lowest BCUT2D eigenvalue weighted by atomic mass is 9.80. The summed E-state index contributed by atoms with van der Waals surface area (Å²) in [4.78, 5) is 25.8. The number of ketones is 1. The molecule has 1 aliphatic heterocycles. The van der Waals surface area contributed by atoms with E-state index < -0.39 is 16.8 Å². The Hall–Kier alpha value is -1.78. The molecule has 2 atom stereocenters. The van der Waals surface area contributed by atoms with Crippen molar-refractivity contribution >= 4 is 35.1 Å². The molecule has 1 aliphatic rings. The van der Waals surface area contributed by atoms with E-state index >= 15 is 0 Å². The highest BCUT2D eigenvalue weighted by atomic mass is 35.5. The van der Waals surface area contributed by atoms with Gasteiger partial charge in [0.2, 0.25) is 0 Å². The fraction of sp³-hybridized carbons (Fsp3) is 0.391. The van der Waals surface area contributed by atoms with Crippen molar-refractivity contribution < 1.29 is 14.3 Å². The van der Waals surface area contributed by atoms with Crippen molar-refractivity contribution in [2.75, 3.05) is 0 Å². The maximum Gasteiger partial charge on any atom is 0.327 e. The van der Waals surface area contributed by atoms with Gasteiger partial charge in [-0.1, -0.05) is 74.0 Å². The summed E-state index contributed by atoms with van der Waals surface area (Å²) in [5, 5.41) is -0.158. The van der Waals surface area contributed by atoms with Crippen molar-refractivity contribution in [3.8, 4) is 0 Å². The molecule has 5 heteroatoms. The highest BCUT2D eigenvalue weighted by molar-refractivity contribution is 8.00. The SMILES string of the molecule is CC(C)CCC1(c2ccccc2)CC(=O)C(SCc2ccccc2Cl)C(=O)O1. The quantitative estimate of drug-likeness (QED) is 0.423. The van der Waals surface area contributed by atoms with E-state index in [2.05, 4.69) is 13.8 Å². The van der Waals surface area contributed by atoms with Crippen LogP contribution in [-0.4, -0.2) is 17.0 Å². The van der Waals surface area contributed by atoms with Crippen LogP contribution in [0.4, 0.5) is 0 Å². The number of carbonyl (C=O) groups excluding carboxylic acids is 2. The van der Waals surface area contributed by atoms with Crippen LogP contribution in [0.5, 0.6) is 0 Å². The van der Waals surface area contributed by atoms with E-state index in [4.69, 9.17) is 16.3 Å². The van der Waals surface area contributed by atoms with Gasteiger partial charge in [-0.05, 0) is 36.0 Å². The molecule has 0 radical (unpaired) electrons. The van der Waals surface area contributed by atoms with Crippen LogP contribution in [0.2, 0.25) is 5.02 Å². The van der Waals surface area contributed by atoms with E-state index in [1.807, 2.05) is 54.6 Å². The Morgan fingerprint density at radius 2 is 1.79 bits per heavy atom. The molecule has 0 saturated carbocycles. The number of Topliss-reactive ketones (excluding diaryl/α,β-unsaturated/α-hetero) is 1. The van der Waals surface area contributed by atoms with Gasteiger partial charge >= 0.3 is 5.97 Å². The first-order chi connectivity index (χ1) is 13.4. The summed E-state index contributed by atoms with van der Waals surface area (Å²) in [6.45, 7) is 4.26. The Balaban J connectivity index is 1.78. The van der Waals surface area contributed by atoms with Crippen LogP contribution in [0.15, 0.2) is 54.6 Å². The van der Waals surface area contributed by atoms with Crippen molar-refractivity contribution in [3.63, 3.8) is 0 Å². The van der Waals surface area contributed by atoms with Crippen LogP contribution >= 0.6 is 23.4 Å². The molecular weight excluding hydrogens is 392 g/mol. The largest absolute Gasteiger partial charge is 0.453 e. The molecule has 2 aromatic rings. The van der Waals surface area contributed by atoms with Gasteiger partial charge in [-0.3, -0.25) is 9.59 Å². The molecule has 3 nitrogen and oxygen atoms in total. The number of carbonyl (C=O) groups is 2. The predicted molar refractivity (Wildman–Crippen MR) is 114 cm³/mol. The number of esters is 1. The normalized spacial score (nSPS) is 22.4. The average molecular weight is 417 g/mol. The van der Waals surface area contributed by atoms with E-state index in [0.717, 1.165) is 17.5 Å². The Morgan fingerprint density at radius 3 is 2.43 bits per heavy atom. The minimum Gasteiger partial charge on any atom is -0.453 e. The topological polar surface area (TPSA) is 43.4 Å². The molecule has 2 unspecified atom stereocenters. The second kappa shape index (κ2) is 9.15. The van der Waals surface area contributed by atoms with Crippen molar-refractivity contribution in [1.82, 2.24) is 0 Å². The van der Waals surface area contributed by atoms with Gasteiger partial charge in [0.05, 0.1) is 6.42 Å². The molecule has 1 fully saturated rings. The number of ether oxygens (including phenoxy) is 1. The summed E-state index contributed by atoms with van der Waals surface area (Å²) in [6, 6.07) is 17.1. The zero-order valence-electron chi connectivity index (χ0n) is 16.2. The Labute approximate surface area is 175 Å². The zero-order chi connectivity index (χ0) is 20.1. The molecule has 0 amide bonds. The number of hydrogen-bond donors (Lipinski definition) is 0. The standard InChI is InChI=1S/C23H25ClO3S/c1-16(2)12-13-23(18-9-4-3-5-10-18)14-20(25)21(22(26)27-23)28-15-17-8-6-7-11-19(17)24/h3-11,16,21H,12-15H2,1-2H3. The third kappa shape index (κ3) is 4.79. The number of benzene rings is 2. The van der Waals surface area contributed by atoms with Gasteiger partial charge in [-0.2, -0.15) is 0 Å². The summed E-state index contributed by atoms with van der Waals surface area (Å²) >= 11 is 7.49. The first-order valence-corrected chi connectivity index (χ1v) is 11.0. The Morgan fingerprint density at radius 1 is 1.11 bits per heavy atom. The molecule has 0 N–H and O–H groups in total. The second-order valence-corrected chi connectivity index (χ2v) is 9.14. The molecule has 3 rings (SSSR count). The summed E-state index contributed by atoms with van der Waals surface area (Å²) < 4.78 is 6.00. The average Bonchev–Trinajstić information content (AvgIpc) is 2.68. The van der Waals surface area contributed by atoms with Crippen LogP contribution < -0.4 is 0 Å². The van der Waals surface area contributed by atoms with Gasteiger partial charge in [0.25, 0.3) is 0 Å². The number of halogens is 1. The van der Waals surface area contributed by atoms with E-state index in [1.54, 1.807) is 0 Å². The third-order valence-corrected chi connectivity index (χ3v) is 6.69. The minimum absolute atomic E-state index is 0.0686. The fourth-order valence-corrected chi connectivity index (χ4v) is 4.78. The van der Waals surface area contributed by atoms with Gasteiger partial charge in [-0.25, -0.2) is 0 Å². The lowest BCUT2D eigenvalue weighted by Crippen LogP contribution is -2.47. The molecule has 1 heterocycles. The number of cyclic esters (lactones) is 1. The van der Waals surface area contributed by atoms with Crippen LogP contribution in [0.3, 0.4) is 0 Å². The van der Waals surface area contributed by atoms with E-state index in [9.17, 15) is 9.59 Å². The van der Waals surface area contributed by atoms with E-state index in [0.29, 0.717) is 23.1 Å². The smallest absolute Gasteiger partial charge is 0.327 e. The predicted octanol–water partition coefficient (Wildman–Crippen LogP) is 5.79. The summed E-state index contributed by atoms with van der Waals surface area (Å²) in [5.74, 6) is 0.443. The van der Waals surface area contributed by atoms with Gasteiger partial charge in [0, 0.05) is 10.8 Å². The zero-order valence-corrected chi connectivity index (χ0v) is 17.8. The van der Waals surface area contributed by atoms with Gasteiger partial charge in [0.1, 0.15) is 5.60 Å². The van der Waals surface area contributed by atoms with Crippen molar-refractivity contribution in [2.24, 2.45) is 5.92 Å². The van der Waals surface area contributed by atoms with Gasteiger partial charge in [-0.15, -0.1) is 11.8 Å². The molecule has 148 valence electrons. The Bertz CT molecular complexity index is 817. The molecular formula is C23H25ClO3S. The number of hydrogen-bond acceptors (Lipinski definition) is 4.